The van der Waals surface area contributed by atoms with Gasteiger partial charge in [0.2, 0.25) is 10.0 Å². The number of halogens is 2. The Labute approximate surface area is 116 Å². The normalized spacial score (nSPS) is 30.6. The molecule has 20 heavy (non-hydrogen) atoms. The number of hydrogen-bond donors (Lipinski definition) is 1. The second kappa shape index (κ2) is 4.75. The molecule has 3 unspecified atom stereocenters. The summed E-state index contributed by atoms with van der Waals surface area (Å²) in [4.78, 5) is -0.204. The van der Waals surface area contributed by atoms with Crippen molar-refractivity contribution in [3.05, 3.63) is 29.8 Å². The van der Waals surface area contributed by atoms with Gasteiger partial charge < -0.3 is 5.73 Å². The first kappa shape index (κ1) is 13.9. The number of hydrogen-bond acceptors (Lipinski definition) is 3. The highest BCUT2D eigenvalue weighted by atomic mass is 32.2. The van der Waals surface area contributed by atoms with Gasteiger partial charge in [-0.15, -0.1) is 0 Å². The van der Waals surface area contributed by atoms with Crippen molar-refractivity contribution in [2.45, 2.75) is 23.8 Å². The molecule has 1 heterocycles. The number of fused-ring (bicyclic) bond motifs is 1. The Balaban J connectivity index is 1.88. The molecule has 2 N–H and O–H groups in total. The minimum Gasteiger partial charge on any atom is -0.327 e. The molecule has 1 saturated carbocycles. The van der Waals surface area contributed by atoms with Crippen molar-refractivity contribution in [3.8, 4) is 0 Å². The van der Waals surface area contributed by atoms with Gasteiger partial charge in [0.15, 0.2) is 11.6 Å². The molecule has 7 heteroatoms. The third-order valence-electron chi connectivity index (χ3n) is 4.41. The van der Waals surface area contributed by atoms with Crippen molar-refractivity contribution in [1.82, 2.24) is 4.31 Å². The molecule has 2 fully saturated rings. The summed E-state index contributed by atoms with van der Waals surface area (Å²) in [5.41, 5.74) is 5.98. The molecular weight excluding hydrogens is 286 g/mol. The molecule has 110 valence electrons. The summed E-state index contributed by atoms with van der Waals surface area (Å²) in [5.74, 6) is -1.74. The van der Waals surface area contributed by atoms with E-state index >= 15 is 0 Å². The van der Waals surface area contributed by atoms with Crippen LogP contribution in [-0.2, 0) is 10.0 Å². The van der Waals surface area contributed by atoms with E-state index in [1.807, 2.05) is 0 Å². The highest BCUT2D eigenvalue weighted by Crippen LogP contribution is 2.39. The number of nitrogens with zero attached hydrogens (tertiary/aromatic N) is 1. The predicted octanol–water partition coefficient (Wildman–Crippen LogP) is 1.32. The van der Waals surface area contributed by atoms with Crippen molar-refractivity contribution in [2.75, 3.05) is 13.1 Å². The zero-order valence-electron chi connectivity index (χ0n) is 10.8. The fourth-order valence-electron chi connectivity index (χ4n) is 3.25. The van der Waals surface area contributed by atoms with E-state index in [9.17, 15) is 17.2 Å². The fraction of sp³-hybridized carbons (Fsp3) is 0.538. The molecular formula is C13H16F2N2O2S. The van der Waals surface area contributed by atoms with Crippen LogP contribution in [0, 0.1) is 23.5 Å². The van der Waals surface area contributed by atoms with Gasteiger partial charge in [-0.3, -0.25) is 0 Å². The maximum atomic E-state index is 13.2. The van der Waals surface area contributed by atoms with Gasteiger partial charge in [0.05, 0.1) is 4.90 Å². The van der Waals surface area contributed by atoms with Crippen LogP contribution in [-0.4, -0.2) is 31.9 Å². The summed E-state index contributed by atoms with van der Waals surface area (Å²) >= 11 is 0. The quantitative estimate of drug-likeness (QED) is 0.896. The highest BCUT2D eigenvalue weighted by Gasteiger charge is 2.45. The molecule has 0 amide bonds. The van der Waals surface area contributed by atoms with Crippen LogP contribution in [0.3, 0.4) is 0 Å². The lowest BCUT2D eigenvalue weighted by atomic mass is 9.98. The monoisotopic (exact) mass is 302 g/mol. The van der Waals surface area contributed by atoms with Gasteiger partial charge in [-0.25, -0.2) is 17.2 Å². The molecule has 3 atom stereocenters. The maximum absolute atomic E-state index is 13.2. The molecule has 1 aromatic carbocycles. The SMILES string of the molecule is NC1CCC2CN(S(=O)(=O)c3ccc(F)c(F)c3)CC12. The van der Waals surface area contributed by atoms with Crippen LogP contribution in [0.4, 0.5) is 8.78 Å². The first-order valence-electron chi connectivity index (χ1n) is 6.60. The lowest BCUT2D eigenvalue weighted by molar-refractivity contribution is 0.426. The summed E-state index contributed by atoms with van der Waals surface area (Å²) in [6.45, 7) is 0.785. The number of sulfonamides is 1. The highest BCUT2D eigenvalue weighted by molar-refractivity contribution is 7.89. The molecule has 1 aliphatic heterocycles. The van der Waals surface area contributed by atoms with E-state index in [0.717, 1.165) is 31.0 Å². The average Bonchev–Trinajstić information content (AvgIpc) is 2.96. The average molecular weight is 302 g/mol. The third-order valence-corrected chi connectivity index (χ3v) is 6.24. The smallest absolute Gasteiger partial charge is 0.243 e. The molecule has 3 rings (SSSR count). The predicted molar refractivity (Wildman–Crippen MR) is 69.3 cm³/mol. The van der Waals surface area contributed by atoms with E-state index in [-0.39, 0.29) is 22.8 Å². The Morgan fingerprint density at radius 2 is 1.90 bits per heavy atom. The molecule has 2 aliphatic rings. The van der Waals surface area contributed by atoms with E-state index in [1.165, 1.54) is 4.31 Å². The standard InChI is InChI=1S/C13H16F2N2O2S/c14-11-3-2-9(5-12(11)15)20(18,19)17-6-8-1-4-13(16)10(8)7-17/h2-3,5,8,10,13H,1,4,6-7,16H2. The van der Waals surface area contributed by atoms with Crippen LogP contribution in [0.1, 0.15) is 12.8 Å². The lowest BCUT2D eigenvalue weighted by Gasteiger charge is -2.18. The number of benzene rings is 1. The van der Waals surface area contributed by atoms with Gasteiger partial charge in [-0.1, -0.05) is 0 Å². The van der Waals surface area contributed by atoms with Crippen LogP contribution in [0.15, 0.2) is 23.1 Å². The van der Waals surface area contributed by atoms with Gasteiger partial charge in [0, 0.05) is 19.1 Å². The minimum absolute atomic E-state index is 0.0325. The number of rotatable bonds is 2. The zero-order valence-corrected chi connectivity index (χ0v) is 11.6. The Bertz CT molecular complexity index is 635. The minimum atomic E-state index is -3.77. The van der Waals surface area contributed by atoms with Crippen LogP contribution >= 0.6 is 0 Å². The fourth-order valence-corrected chi connectivity index (χ4v) is 4.80. The van der Waals surface area contributed by atoms with Crippen molar-refractivity contribution in [2.24, 2.45) is 17.6 Å². The Kier molecular flexibility index (Phi) is 3.30. The third kappa shape index (κ3) is 2.13. The lowest BCUT2D eigenvalue weighted by Crippen LogP contribution is -2.33. The van der Waals surface area contributed by atoms with Crippen LogP contribution in [0.25, 0.3) is 0 Å². The van der Waals surface area contributed by atoms with Gasteiger partial charge in [0.25, 0.3) is 0 Å². The Morgan fingerprint density at radius 1 is 1.15 bits per heavy atom. The zero-order chi connectivity index (χ0) is 14.5. The van der Waals surface area contributed by atoms with Crippen molar-refractivity contribution in [1.29, 1.82) is 0 Å². The van der Waals surface area contributed by atoms with Crippen molar-refractivity contribution < 1.29 is 17.2 Å². The van der Waals surface area contributed by atoms with Gasteiger partial charge in [-0.2, -0.15) is 4.31 Å². The summed E-state index contributed by atoms with van der Waals surface area (Å²) in [5, 5.41) is 0. The Hall–Kier alpha value is -1.05. The molecule has 1 saturated heterocycles. The number of nitrogens with two attached hydrogens (primary N) is 1. The van der Waals surface area contributed by atoms with E-state index in [2.05, 4.69) is 0 Å². The van der Waals surface area contributed by atoms with Gasteiger partial charge in [0.1, 0.15) is 0 Å². The first-order chi connectivity index (χ1) is 9.39. The van der Waals surface area contributed by atoms with E-state index in [0.29, 0.717) is 13.1 Å². The largest absolute Gasteiger partial charge is 0.327 e. The molecule has 0 radical (unpaired) electrons. The molecule has 0 bridgehead atoms. The molecule has 0 aromatic heterocycles. The second-order valence-electron chi connectivity index (χ2n) is 5.56. The van der Waals surface area contributed by atoms with Crippen molar-refractivity contribution >= 4 is 10.0 Å². The van der Waals surface area contributed by atoms with E-state index in [1.54, 1.807) is 0 Å². The summed E-state index contributed by atoms with van der Waals surface area (Å²) in [6.07, 6.45) is 1.85. The summed E-state index contributed by atoms with van der Waals surface area (Å²) in [6, 6.07) is 2.70. The molecule has 1 aliphatic carbocycles. The van der Waals surface area contributed by atoms with E-state index < -0.39 is 21.7 Å². The first-order valence-corrected chi connectivity index (χ1v) is 8.04. The van der Waals surface area contributed by atoms with Crippen molar-refractivity contribution in [3.63, 3.8) is 0 Å². The van der Waals surface area contributed by atoms with E-state index in [4.69, 9.17) is 5.73 Å². The topological polar surface area (TPSA) is 63.4 Å². The molecule has 4 nitrogen and oxygen atoms in total. The Morgan fingerprint density at radius 3 is 2.55 bits per heavy atom. The van der Waals surface area contributed by atoms with Gasteiger partial charge in [-0.05, 0) is 42.9 Å². The maximum Gasteiger partial charge on any atom is 0.243 e. The molecule has 1 aromatic rings. The van der Waals surface area contributed by atoms with Crippen LogP contribution in [0.2, 0.25) is 0 Å². The summed E-state index contributed by atoms with van der Waals surface area (Å²) in [7, 11) is -3.77. The summed E-state index contributed by atoms with van der Waals surface area (Å²) < 4.78 is 52.3. The van der Waals surface area contributed by atoms with Crippen LogP contribution < -0.4 is 5.73 Å². The molecule has 0 spiro atoms. The van der Waals surface area contributed by atoms with Crippen LogP contribution in [0.5, 0.6) is 0 Å². The van der Waals surface area contributed by atoms with Gasteiger partial charge >= 0.3 is 0 Å². The second-order valence-corrected chi connectivity index (χ2v) is 7.50.